The molecule has 0 spiro atoms. The summed E-state index contributed by atoms with van der Waals surface area (Å²) < 4.78 is 5.14. The number of carbonyl (C=O) groups is 3. The summed E-state index contributed by atoms with van der Waals surface area (Å²) in [6, 6.07) is 8.17. The Balaban J connectivity index is 2.77. The van der Waals surface area contributed by atoms with Crippen molar-refractivity contribution in [3.63, 3.8) is 0 Å². The van der Waals surface area contributed by atoms with Gasteiger partial charge in [0.1, 0.15) is 18.2 Å². The average Bonchev–Trinajstić information content (AvgIpc) is 2.43. The van der Waals surface area contributed by atoms with Gasteiger partial charge < -0.3 is 20.5 Å². The minimum absolute atomic E-state index is 0.228. The Morgan fingerprint density at radius 1 is 1.17 bits per heavy atom. The quantitative estimate of drug-likeness (QED) is 0.733. The maximum atomic E-state index is 12.1. The molecule has 2 amide bonds. The number of nitrogens with one attached hydrogen (secondary N) is 2. The molecule has 7 heteroatoms. The van der Waals surface area contributed by atoms with Gasteiger partial charge in [-0.1, -0.05) is 30.3 Å². The summed E-state index contributed by atoms with van der Waals surface area (Å²) in [5.74, 6) is -1.74. The second-order valence-corrected chi connectivity index (χ2v) is 6.00. The number of carboxylic acid groups (broad SMARTS) is 1. The van der Waals surface area contributed by atoms with Gasteiger partial charge in [-0.25, -0.2) is 4.79 Å². The second-order valence-electron chi connectivity index (χ2n) is 6.00. The first-order chi connectivity index (χ1) is 10.7. The van der Waals surface area contributed by atoms with Crippen molar-refractivity contribution >= 4 is 18.0 Å². The number of amides is 2. The number of rotatable bonds is 6. The van der Waals surface area contributed by atoms with Crippen LogP contribution < -0.4 is 10.6 Å². The van der Waals surface area contributed by atoms with Crippen LogP contribution in [0.2, 0.25) is 0 Å². The van der Waals surface area contributed by atoms with E-state index in [4.69, 9.17) is 9.84 Å². The van der Waals surface area contributed by atoms with Crippen molar-refractivity contribution in [1.82, 2.24) is 10.6 Å². The first-order valence-corrected chi connectivity index (χ1v) is 7.20. The fourth-order valence-electron chi connectivity index (χ4n) is 1.79. The highest BCUT2D eigenvalue weighted by molar-refractivity contribution is 5.88. The van der Waals surface area contributed by atoms with E-state index >= 15 is 0 Å². The maximum absolute atomic E-state index is 12.1. The van der Waals surface area contributed by atoms with Gasteiger partial charge in [0.2, 0.25) is 5.91 Å². The fourth-order valence-corrected chi connectivity index (χ4v) is 1.79. The van der Waals surface area contributed by atoms with Crippen LogP contribution in [0, 0.1) is 0 Å². The van der Waals surface area contributed by atoms with E-state index in [0.717, 1.165) is 5.56 Å². The fraction of sp³-hybridized carbons (Fsp3) is 0.438. The van der Waals surface area contributed by atoms with Gasteiger partial charge in [-0.05, 0) is 26.3 Å². The standard InChI is InChI=1S/C16H22N2O5/c1-16(2,3)23-15(22)18-12(14(21)17-10-13(19)20)9-11-7-5-4-6-8-11/h4-8,12H,9-10H2,1-3H3,(H,17,21)(H,18,22)(H,19,20)/t12-/m1/s1. The average molecular weight is 322 g/mol. The Morgan fingerprint density at radius 2 is 1.78 bits per heavy atom. The van der Waals surface area contributed by atoms with Crippen molar-refractivity contribution in [3.8, 4) is 0 Å². The van der Waals surface area contributed by atoms with Crippen LogP contribution in [0.25, 0.3) is 0 Å². The maximum Gasteiger partial charge on any atom is 0.408 e. The molecule has 0 radical (unpaired) electrons. The number of hydrogen-bond donors (Lipinski definition) is 3. The molecule has 0 fully saturated rings. The zero-order valence-electron chi connectivity index (χ0n) is 13.5. The van der Waals surface area contributed by atoms with Gasteiger partial charge in [-0.15, -0.1) is 0 Å². The van der Waals surface area contributed by atoms with E-state index in [1.807, 2.05) is 30.3 Å². The Morgan fingerprint density at radius 3 is 2.30 bits per heavy atom. The summed E-state index contributed by atoms with van der Waals surface area (Å²) >= 11 is 0. The van der Waals surface area contributed by atoms with Crippen LogP contribution in [0.4, 0.5) is 4.79 Å². The van der Waals surface area contributed by atoms with Crippen molar-refractivity contribution in [2.24, 2.45) is 0 Å². The summed E-state index contributed by atoms with van der Waals surface area (Å²) in [5, 5.41) is 13.4. The molecule has 7 nitrogen and oxygen atoms in total. The monoisotopic (exact) mass is 322 g/mol. The number of ether oxygens (including phenoxy) is 1. The molecule has 0 heterocycles. The normalized spacial score (nSPS) is 12.1. The van der Waals surface area contributed by atoms with E-state index in [2.05, 4.69) is 10.6 Å². The summed E-state index contributed by atoms with van der Waals surface area (Å²) in [4.78, 5) is 34.5. The van der Waals surface area contributed by atoms with Crippen LogP contribution in [0.15, 0.2) is 30.3 Å². The third-order valence-corrected chi connectivity index (χ3v) is 2.70. The van der Waals surface area contributed by atoms with Crippen molar-refractivity contribution in [3.05, 3.63) is 35.9 Å². The number of carboxylic acids is 1. The van der Waals surface area contributed by atoms with Gasteiger partial charge in [0, 0.05) is 6.42 Å². The molecule has 0 saturated carbocycles. The molecule has 1 aromatic carbocycles. The highest BCUT2D eigenvalue weighted by Crippen LogP contribution is 2.08. The number of alkyl carbamates (subject to hydrolysis) is 1. The van der Waals surface area contributed by atoms with E-state index < -0.39 is 36.2 Å². The molecule has 0 aliphatic heterocycles. The van der Waals surface area contributed by atoms with Gasteiger partial charge >= 0.3 is 12.1 Å². The molecular formula is C16H22N2O5. The molecule has 0 unspecified atom stereocenters. The van der Waals surface area contributed by atoms with E-state index in [0.29, 0.717) is 0 Å². The smallest absolute Gasteiger partial charge is 0.408 e. The van der Waals surface area contributed by atoms with Gasteiger partial charge in [0.05, 0.1) is 0 Å². The molecule has 23 heavy (non-hydrogen) atoms. The minimum atomic E-state index is -1.16. The Labute approximate surface area is 135 Å². The molecule has 0 saturated heterocycles. The van der Waals surface area contributed by atoms with Crippen LogP contribution in [0.1, 0.15) is 26.3 Å². The van der Waals surface area contributed by atoms with E-state index in [9.17, 15) is 14.4 Å². The van der Waals surface area contributed by atoms with Crippen LogP contribution in [-0.2, 0) is 20.7 Å². The van der Waals surface area contributed by atoms with Crippen LogP contribution >= 0.6 is 0 Å². The zero-order valence-corrected chi connectivity index (χ0v) is 13.5. The highest BCUT2D eigenvalue weighted by Gasteiger charge is 2.24. The number of aliphatic carboxylic acids is 1. The third-order valence-electron chi connectivity index (χ3n) is 2.70. The molecule has 0 aliphatic carbocycles. The van der Waals surface area contributed by atoms with Crippen molar-refractivity contribution in [2.45, 2.75) is 38.8 Å². The van der Waals surface area contributed by atoms with E-state index in [1.165, 1.54) is 0 Å². The lowest BCUT2D eigenvalue weighted by Crippen LogP contribution is -2.50. The Hall–Kier alpha value is -2.57. The molecule has 1 atom stereocenters. The number of benzene rings is 1. The Bertz CT molecular complexity index is 551. The Kier molecular flexibility index (Phi) is 6.56. The predicted molar refractivity (Wildman–Crippen MR) is 83.9 cm³/mol. The lowest BCUT2D eigenvalue weighted by Gasteiger charge is -2.23. The summed E-state index contributed by atoms with van der Waals surface area (Å²) in [6.07, 6.45) is -0.505. The molecule has 0 aromatic heterocycles. The number of hydrogen-bond acceptors (Lipinski definition) is 4. The molecule has 126 valence electrons. The molecule has 1 aromatic rings. The lowest BCUT2D eigenvalue weighted by molar-refractivity contribution is -0.138. The van der Waals surface area contributed by atoms with Gasteiger partial charge in [0.15, 0.2) is 0 Å². The van der Waals surface area contributed by atoms with Crippen molar-refractivity contribution in [2.75, 3.05) is 6.54 Å². The van der Waals surface area contributed by atoms with Crippen molar-refractivity contribution in [1.29, 1.82) is 0 Å². The SMILES string of the molecule is CC(C)(C)OC(=O)N[C@H](Cc1ccccc1)C(=O)NCC(=O)O. The topological polar surface area (TPSA) is 105 Å². The predicted octanol–water partition coefficient (Wildman–Crippen LogP) is 1.32. The molecule has 3 N–H and O–H groups in total. The summed E-state index contributed by atoms with van der Waals surface area (Å²) in [6.45, 7) is 4.62. The third kappa shape index (κ3) is 7.85. The zero-order chi connectivity index (χ0) is 17.5. The van der Waals surface area contributed by atoms with Crippen LogP contribution in [0.3, 0.4) is 0 Å². The molecule has 1 rings (SSSR count). The second kappa shape index (κ2) is 8.17. The first-order valence-electron chi connectivity index (χ1n) is 7.20. The lowest BCUT2D eigenvalue weighted by atomic mass is 10.1. The van der Waals surface area contributed by atoms with Crippen molar-refractivity contribution < 1.29 is 24.2 Å². The number of carbonyl (C=O) groups excluding carboxylic acids is 2. The van der Waals surface area contributed by atoms with E-state index in [-0.39, 0.29) is 6.42 Å². The largest absolute Gasteiger partial charge is 0.480 e. The van der Waals surface area contributed by atoms with Crippen LogP contribution in [0.5, 0.6) is 0 Å². The minimum Gasteiger partial charge on any atom is -0.480 e. The summed E-state index contributed by atoms with van der Waals surface area (Å²) in [7, 11) is 0. The highest BCUT2D eigenvalue weighted by atomic mass is 16.6. The molecule has 0 aliphatic rings. The van der Waals surface area contributed by atoms with Crippen LogP contribution in [-0.4, -0.2) is 41.3 Å². The van der Waals surface area contributed by atoms with Gasteiger partial charge in [0.25, 0.3) is 0 Å². The van der Waals surface area contributed by atoms with E-state index in [1.54, 1.807) is 20.8 Å². The molecule has 0 bridgehead atoms. The van der Waals surface area contributed by atoms with Gasteiger partial charge in [-0.2, -0.15) is 0 Å². The molecular weight excluding hydrogens is 300 g/mol. The first kappa shape index (κ1) is 18.5. The summed E-state index contributed by atoms with van der Waals surface area (Å²) in [5.41, 5.74) is 0.137. The van der Waals surface area contributed by atoms with Gasteiger partial charge in [-0.3, -0.25) is 9.59 Å².